The number of aryl methyl sites for hydroxylation is 1. The van der Waals surface area contributed by atoms with Gasteiger partial charge in [-0.05, 0) is 133 Å². The molecule has 7 atom stereocenters. The van der Waals surface area contributed by atoms with Crippen LogP contribution >= 0.6 is 11.3 Å². The number of benzene rings is 4. The van der Waals surface area contributed by atoms with E-state index in [0.717, 1.165) is 47.4 Å². The third kappa shape index (κ3) is 18.0. The second kappa shape index (κ2) is 30.0. The zero-order valence-corrected chi connectivity index (χ0v) is 52.5. The fourth-order valence-electron chi connectivity index (χ4n) is 11.8. The maximum Gasteiger partial charge on any atom is 0.407 e. The molecule has 480 valence electrons. The Morgan fingerprint density at radius 2 is 1.35 bits per heavy atom. The summed E-state index contributed by atoms with van der Waals surface area (Å²) >= 11 is 1.55. The smallest absolute Gasteiger partial charge is 0.407 e. The molecule has 0 radical (unpaired) electrons. The van der Waals surface area contributed by atoms with E-state index in [1.807, 2.05) is 58.9 Å². The first-order chi connectivity index (χ1) is 42.3. The molecule has 0 saturated carbocycles. The van der Waals surface area contributed by atoms with Gasteiger partial charge in [-0.3, -0.25) is 28.3 Å². The summed E-state index contributed by atoms with van der Waals surface area (Å²) in [4.78, 5) is 71.6. The number of thiazole rings is 1. The van der Waals surface area contributed by atoms with Crippen LogP contribution in [0.1, 0.15) is 152 Å². The first-order valence-electron chi connectivity index (χ1n) is 30.5. The van der Waals surface area contributed by atoms with Crippen LogP contribution in [0.4, 0.5) is 24.5 Å². The van der Waals surface area contributed by atoms with E-state index in [0.29, 0.717) is 76.5 Å². The van der Waals surface area contributed by atoms with Crippen molar-refractivity contribution in [1.82, 2.24) is 20.5 Å². The zero-order valence-electron chi connectivity index (χ0n) is 50.9. The zero-order chi connectivity index (χ0) is 64.2. The van der Waals surface area contributed by atoms with Crippen LogP contribution in [0.15, 0.2) is 103 Å². The SMILES string of the molecule is Cc1ncsc1-c1ccc([C@@H](C)NC(=O)[C@@H]2C[C@@H](O)CN2C(=O)[C@@H](NC(=O)CCCCCCCCOc2ccc(N(CC(F)(F)F)S(=O)(=O)C3C[C@H]4O[C@@H]3C(c3ccc(NC(=O)CCCCCCC(=O)O)cc3)=C4c3ccc(O)cc3)cc2)C(C)(C)C)cc1. The number of phenolic OH excluding ortho intramolecular Hbond substituents is 1. The predicted molar refractivity (Wildman–Crippen MR) is 335 cm³/mol. The highest BCUT2D eigenvalue weighted by molar-refractivity contribution is 7.93. The number of hydrogen-bond acceptors (Lipinski definition) is 13. The third-order valence-corrected chi connectivity index (χ3v) is 19.6. The number of nitrogens with zero attached hydrogens (tertiary/aromatic N) is 3. The van der Waals surface area contributed by atoms with Crippen molar-refractivity contribution in [3.63, 3.8) is 0 Å². The van der Waals surface area contributed by atoms with Crippen LogP contribution < -0.4 is 25.0 Å². The van der Waals surface area contributed by atoms with E-state index in [-0.39, 0.29) is 80.5 Å². The number of nitrogens with one attached hydrogen (secondary N) is 3. The van der Waals surface area contributed by atoms with Crippen molar-refractivity contribution < 1.29 is 70.4 Å². The van der Waals surface area contributed by atoms with Crippen molar-refractivity contribution >= 4 is 73.5 Å². The average Bonchev–Trinajstić information content (AvgIpc) is 1.60. The van der Waals surface area contributed by atoms with Gasteiger partial charge in [-0.1, -0.05) is 108 Å². The number of aliphatic hydroxyl groups is 1. The van der Waals surface area contributed by atoms with Gasteiger partial charge in [0.25, 0.3) is 0 Å². The van der Waals surface area contributed by atoms with Gasteiger partial charge in [0.1, 0.15) is 41.5 Å². The standard InChI is InChI=1S/C66H81F3N6O12S2/c1-41(43-19-21-46(22-20-43)61-42(2)70-40-88-61)71-63(82)52-36-50(77)38-74(52)64(83)62(65(3,4)5)73-56(79)17-12-8-6-7-11-15-35-86-51-33-29-48(30-34-51)75(39-66(67,68)69)89(84,85)54-37-53-58(44-25-31-49(76)32-26-44)59(60(54)87-53)45-23-27-47(28-24-45)72-55(78)16-13-9-10-14-18-57(80)81/h19-34,40-41,50,52-54,60,62,76-77H,6-18,35-39H2,1-5H3,(H,71,82)(H,72,78)(H,73,79)(H,80,81)/t41-,50-,52+,53-,54?,60+,62-/m1/s1. The van der Waals surface area contributed by atoms with E-state index in [1.165, 1.54) is 41.3 Å². The van der Waals surface area contributed by atoms with Gasteiger partial charge >= 0.3 is 12.1 Å². The molecular formula is C66H81F3N6O12S2. The fourth-order valence-corrected chi connectivity index (χ4v) is 14.6. The summed E-state index contributed by atoms with van der Waals surface area (Å²) in [7, 11) is -4.78. The number of aromatic hydroxyl groups is 1. The number of hydrogen-bond donors (Lipinski definition) is 6. The number of aliphatic carboxylic acids is 1. The van der Waals surface area contributed by atoms with Crippen molar-refractivity contribution in [3.8, 4) is 21.9 Å². The van der Waals surface area contributed by atoms with E-state index in [9.17, 15) is 55.8 Å². The van der Waals surface area contributed by atoms with Gasteiger partial charge in [0.15, 0.2) is 0 Å². The number of halogens is 3. The normalized spacial score (nSPS) is 19.0. The summed E-state index contributed by atoms with van der Waals surface area (Å²) in [6, 6.07) is 24.0. The molecule has 1 aromatic heterocycles. The van der Waals surface area contributed by atoms with Gasteiger partial charge in [0, 0.05) is 37.9 Å². The molecule has 2 saturated heterocycles. The summed E-state index contributed by atoms with van der Waals surface area (Å²) in [5.74, 6) is -1.89. The molecule has 89 heavy (non-hydrogen) atoms. The Kier molecular flexibility index (Phi) is 22.8. The number of β-amino-alcohol motifs (C(OH)–C–C–N with tert-alkyl or cyclic N) is 1. The van der Waals surface area contributed by atoms with E-state index >= 15 is 0 Å². The number of likely N-dealkylation sites (tertiary alicyclic amines) is 1. The van der Waals surface area contributed by atoms with Gasteiger partial charge in [-0.25, -0.2) is 13.4 Å². The summed E-state index contributed by atoms with van der Waals surface area (Å²) < 4.78 is 85.2. The van der Waals surface area contributed by atoms with Gasteiger partial charge in [-0.2, -0.15) is 13.2 Å². The van der Waals surface area contributed by atoms with Gasteiger partial charge < -0.3 is 45.6 Å². The van der Waals surface area contributed by atoms with E-state index < -0.39 is 75.7 Å². The molecule has 8 rings (SSSR count). The minimum Gasteiger partial charge on any atom is -0.508 e. The molecule has 5 aromatic rings. The Morgan fingerprint density at radius 3 is 1.96 bits per heavy atom. The number of ether oxygens (including phenoxy) is 2. The Morgan fingerprint density at radius 1 is 0.764 bits per heavy atom. The van der Waals surface area contributed by atoms with E-state index in [1.54, 1.807) is 53.2 Å². The third-order valence-electron chi connectivity index (χ3n) is 16.5. The topological polar surface area (TPSA) is 254 Å². The molecule has 3 aliphatic heterocycles. The number of rotatable bonds is 30. The van der Waals surface area contributed by atoms with Crippen molar-refractivity contribution in [2.75, 3.05) is 29.3 Å². The lowest BCUT2D eigenvalue weighted by molar-refractivity contribution is -0.144. The first kappa shape index (κ1) is 67.6. The molecule has 4 heterocycles. The highest BCUT2D eigenvalue weighted by Crippen LogP contribution is 2.52. The van der Waals surface area contributed by atoms with Crippen molar-refractivity contribution in [2.24, 2.45) is 5.41 Å². The highest BCUT2D eigenvalue weighted by atomic mass is 32.2. The maximum atomic E-state index is 14.7. The highest BCUT2D eigenvalue weighted by Gasteiger charge is 2.55. The molecule has 6 N–H and O–H groups in total. The van der Waals surface area contributed by atoms with Crippen LogP contribution in [0.5, 0.6) is 11.5 Å². The number of carbonyl (C=O) groups excluding carboxylic acids is 4. The lowest BCUT2D eigenvalue weighted by Gasteiger charge is -2.35. The molecule has 4 aromatic carbocycles. The van der Waals surface area contributed by atoms with Crippen LogP contribution in [0.25, 0.3) is 21.6 Å². The monoisotopic (exact) mass is 1270 g/mol. The minimum absolute atomic E-state index is 0.00134. The van der Waals surface area contributed by atoms with E-state index in [2.05, 4.69) is 20.9 Å². The second-order valence-electron chi connectivity index (χ2n) is 24.4. The van der Waals surface area contributed by atoms with Crippen LogP contribution in [0.3, 0.4) is 0 Å². The molecular weight excluding hydrogens is 1190 g/mol. The molecule has 0 spiro atoms. The number of alkyl halides is 3. The van der Waals surface area contributed by atoms with Crippen LogP contribution in [-0.4, -0.2) is 125 Å². The fraction of sp³-hybridized carbons (Fsp3) is 0.485. The number of anilines is 2. The van der Waals surface area contributed by atoms with Gasteiger partial charge in [-0.15, -0.1) is 11.3 Å². The van der Waals surface area contributed by atoms with Crippen LogP contribution in [0.2, 0.25) is 0 Å². The summed E-state index contributed by atoms with van der Waals surface area (Å²) in [5, 5.41) is 37.0. The molecule has 1 unspecified atom stereocenters. The van der Waals surface area contributed by atoms with Crippen LogP contribution in [0, 0.1) is 12.3 Å². The van der Waals surface area contributed by atoms with E-state index in [4.69, 9.17) is 14.6 Å². The average molecular weight is 1270 g/mol. The predicted octanol–water partition coefficient (Wildman–Crippen LogP) is 11.5. The molecule has 4 amide bonds. The molecule has 23 heteroatoms. The molecule has 2 bridgehead atoms. The number of amides is 4. The Balaban J connectivity index is 0.794. The summed E-state index contributed by atoms with van der Waals surface area (Å²) in [5.41, 5.74) is 6.47. The lowest BCUT2D eigenvalue weighted by Crippen LogP contribution is -2.57. The molecule has 0 aliphatic carbocycles. The number of unbranched alkanes of at least 4 members (excludes halogenated alkanes) is 8. The van der Waals surface area contributed by atoms with Crippen LogP contribution in [-0.2, 0) is 38.7 Å². The number of phenols is 1. The second-order valence-corrected chi connectivity index (χ2v) is 27.3. The number of carbonyl (C=O) groups is 5. The Hall–Kier alpha value is -7.34. The molecule has 3 aliphatic rings. The van der Waals surface area contributed by atoms with Gasteiger partial charge in [0.05, 0.1) is 46.6 Å². The Labute approximate surface area is 522 Å². The summed E-state index contributed by atoms with van der Waals surface area (Å²) in [6.07, 6.45) is -0.490. The van der Waals surface area contributed by atoms with Crippen molar-refractivity contribution in [1.29, 1.82) is 0 Å². The summed E-state index contributed by atoms with van der Waals surface area (Å²) in [6.45, 7) is 7.80. The van der Waals surface area contributed by atoms with Crippen molar-refractivity contribution in [2.45, 2.75) is 179 Å². The lowest BCUT2D eigenvalue weighted by atomic mass is 9.83. The quantitative estimate of drug-likeness (QED) is 0.0234. The number of sulfonamides is 1. The first-order valence-corrected chi connectivity index (χ1v) is 32.9. The maximum absolute atomic E-state index is 14.7. The number of carboxylic acids is 1. The number of aliphatic hydroxyl groups excluding tert-OH is 1. The Bertz CT molecular complexity index is 3390. The molecule has 18 nitrogen and oxygen atoms in total. The minimum atomic E-state index is -4.91. The number of carboxylic acid groups (broad SMARTS) is 1. The largest absolute Gasteiger partial charge is 0.508 e. The number of fused-ring (bicyclic) bond motifs is 2. The molecule has 2 fully saturated rings. The van der Waals surface area contributed by atoms with Gasteiger partial charge in [0.2, 0.25) is 33.7 Å². The number of aromatic nitrogens is 1. The van der Waals surface area contributed by atoms with Crippen molar-refractivity contribution in [3.05, 3.63) is 125 Å².